The first-order valence-electron chi connectivity index (χ1n) is 9.08. The number of guanidine groups is 1. The monoisotopic (exact) mass is 483 g/mol. The molecule has 2 N–H and O–H groups in total. The number of nitrogens with two attached hydrogens (primary N) is 1. The van der Waals surface area contributed by atoms with E-state index in [0.29, 0.717) is 11.9 Å². The Balaban J connectivity index is 0.00000196. The molecule has 1 aromatic carbocycles. The molecular formula is C19H26IN5S. The minimum atomic E-state index is 0. The quantitative estimate of drug-likeness (QED) is 0.414. The topological polar surface area (TPSA) is 57.8 Å². The number of hydrogen-bond donors (Lipinski definition) is 1. The van der Waals surface area contributed by atoms with Crippen LogP contribution < -0.4 is 10.6 Å². The predicted molar refractivity (Wildman–Crippen MR) is 120 cm³/mol. The molecule has 5 nitrogen and oxygen atoms in total. The van der Waals surface area contributed by atoms with Crippen molar-refractivity contribution in [3.8, 4) is 0 Å². The van der Waals surface area contributed by atoms with E-state index in [1.54, 1.807) is 11.3 Å². The average molecular weight is 483 g/mol. The van der Waals surface area contributed by atoms with Crippen LogP contribution in [0.4, 0.5) is 5.13 Å². The highest BCUT2D eigenvalue weighted by molar-refractivity contribution is 14.0. The third kappa shape index (κ3) is 4.31. The molecule has 4 rings (SSSR count). The van der Waals surface area contributed by atoms with Crippen molar-refractivity contribution in [2.45, 2.75) is 25.2 Å². The number of fused-ring (bicyclic) bond motifs is 1. The van der Waals surface area contributed by atoms with Gasteiger partial charge in [-0.2, -0.15) is 0 Å². The Labute approximate surface area is 176 Å². The Morgan fingerprint density at radius 1 is 1.23 bits per heavy atom. The zero-order valence-corrected chi connectivity index (χ0v) is 18.0. The van der Waals surface area contributed by atoms with E-state index < -0.39 is 0 Å². The summed E-state index contributed by atoms with van der Waals surface area (Å²) in [4.78, 5) is 13.7. The number of piperazine rings is 1. The number of aliphatic imine (C=N–C) groups is 1. The molecule has 0 amide bonds. The molecule has 7 heteroatoms. The number of rotatable bonds is 3. The highest BCUT2D eigenvalue weighted by Gasteiger charge is 2.22. The van der Waals surface area contributed by atoms with E-state index in [0.717, 1.165) is 37.9 Å². The van der Waals surface area contributed by atoms with Gasteiger partial charge in [-0.15, -0.1) is 35.3 Å². The normalized spacial score (nSPS) is 20.5. The number of aromatic nitrogens is 1. The van der Waals surface area contributed by atoms with Crippen molar-refractivity contribution in [3.05, 3.63) is 47.0 Å². The second-order valence-electron chi connectivity index (χ2n) is 6.78. The van der Waals surface area contributed by atoms with E-state index in [9.17, 15) is 0 Å². The number of benzene rings is 1. The van der Waals surface area contributed by atoms with E-state index in [-0.39, 0.29) is 24.0 Å². The lowest BCUT2D eigenvalue weighted by atomic mass is 9.83. The van der Waals surface area contributed by atoms with Crippen molar-refractivity contribution >= 4 is 46.4 Å². The van der Waals surface area contributed by atoms with Gasteiger partial charge >= 0.3 is 0 Å². The van der Waals surface area contributed by atoms with Gasteiger partial charge < -0.3 is 15.5 Å². The zero-order chi connectivity index (χ0) is 17.1. The molecule has 2 aliphatic rings. The van der Waals surface area contributed by atoms with Crippen molar-refractivity contribution in [2.75, 3.05) is 37.6 Å². The van der Waals surface area contributed by atoms with Gasteiger partial charge in [0.15, 0.2) is 11.1 Å². The van der Waals surface area contributed by atoms with Crippen LogP contribution in [0.3, 0.4) is 0 Å². The Morgan fingerprint density at radius 2 is 2.04 bits per heavy atom. The second-order valence-corrected chi connectivity index (χ2v) is 7.65. The third-order valence-corrected chi connectivity index (χ3v) is 6.09. The number of halogens is 1. The van der Waals surface area contributed by atoms with Crippen molar-refractivity contribution in [1.29, 1.82) is 0 Å². The van der Waals surface area contributed by atoms with Gasteiger partial charge in [-0.25, -0.2) is 4.98 Å². The maximum atomic E-state index is 6.29. The third-order valence-electron chi connectivity index (χ3n) is 5.26. The molecule has 1 unspecified atom stereocenters. The minimum absolute atomic E-state index is 0. The van der Waals surface area contributed by atoms with Crippen LogP contribution in [0.2, 0.25) is 0 Å². The molecule has 1 fully saturated rings. The fraction of sp³-hybridized carbons (Fsp3) is 0.474. The van der Waals surface area contributed by atoms with Crippen LogP contribution in [0.25, 0.3) is 0 Å². The van der Waals surface area contributed by atoms with E-state index in [2.05, 4.69) is 39.0 Å². The summed E-state index contributed by atoms with van der Waals surface area (Å²) in [6.45, 7) is 4.54. The second kappa shape index (κ2) is 9.03. The summed E-state index contributed by atoms with van der Waals surface area (Å²) in [5, 5.41) is 3.13. The Morgan fingerprint density at radius 3 is 2.81 bits per heavy atom. The lowest BCUT2D eigenvalue weighted by Crippen LogP contribution is -2.51. The summed E-state index contributed by atoms with van der Waals surface area (Å²) in [7, 11) is 0. The molecule has 0 spiro atoms. The molecule has 0 saturated carbocycles. The summed E-state index contributed by atoms with van der Waals surface area (Å²) in [5.41, 5.74) is 9.26. The Kier molecular flexibility index (Phi) is 6.74. The molecule has 2 aromatic rings. The molecule has 2 heterocycles. The summed E-state index contributed by atoms with van der Waals surface area (Å²) >= 11 is 1.70. The van der Waals surface area contributed by atoms with Crippen molar-refractivity contribution in [2.24, 2.45) is 10.7 Å². The van der Waals surface area contributed by atoms with Gasteiger partial charge in [0.25, 0.3) is 0 Å². The zero-order valence-electron chi connectivity index (χ0n) is 14.9. The lowest BCUT2D eigenvalue weighted by Gasteiger charge is -2.35. The van der Waals surface area contributed by atoms with Crippen molar-refractivity contribution < 1.29 is 0 Å². The first kappa shape index (κ1) is 19.4. The molecule has 0 radical (unpaired) electrons. The van der Waals surface area contributed by atoms with E-state index >= 15 is 0 Å². The predicted octanol–water partition coefficient (Wildman–Crippen LogP) is 3.32. The number of hydrogen-bond acceptors (Lipinski definition) is 4. The van der Waals surface area contributed by atoms with Gasteiger partial charge in [0, 0.05) is 50.2 Å². The van der Waals surface area contributed by atoms with Gasteiger partial charge in [-0.05, 0) is 30.4 Å². The Hall–Kier alpha value is -1.35. The van der Waals surface area contributed by atoms with Crippen molar-refractivity contribution in [3.63, 3.8) is 0 Å². The smallest absolute Gasteiger partial charge is 0.191 e. The SMILES string of the molecule is I.NC(=NCC1CCCc2ccccc21)N1CCN(c2nccs2)CC1. The van der Waals surface area contributed by atoms with Crippen LogP contribution in [0.5, 0.6) is 0 Å². The highest BCUT2D eigenvalue weighted by atomic mass is 127. The summed E-state index contributed by atoms with van der Waals surface area (Å²) in [6.07, 6.45) is 5.53. The van der Waals surface area contributed by atoms with Crippen LogP contribution in [-0.4, -0.2) is 48.6 Å². The Bertz CT molecular complexity index is 725. The number of anilines is 1. The van der Waals surface area contributed by atoms with Crippen LogP contribution >= 0.6 is 35.3 Å². The molecule has 1 aliphatic heterocycles. The first-order chi connectivity index (χ1) is 12.3. The molecular weight excluding hydrogens is 457 g/mol. The molecule has 1 aromatic heterocycles. The standard InChI is InChI=1S/C19H25N5S.HI/c20-18(23-9-11-24(12-10-23)19-21-8-13-25-19)22-14-16-6-3-5-15-4-1-2-7-17(15)16;/h1-2,4,7-8,13,16H,3,5-6,9-12,14H2,(H2,20,22);1H. The summed E-state index contributed by atoms with van der Waals surface area (Å²) in [6, 6.07) is 8.80. The summed E-state index contributed by atoms with van der Waals surface area (Å²) < 4.78 is 0. The molecule has 1 aliphatic carbocycles. The van der Waals surface area contributed by atoms with Crippen molar-refractivity contribution in [1.82, 2.24) is 9.88 Å². The van der Waals surface area contributed by atoms with Gasteiger partial charge in [0.2, 0.25) is 0 Å². The maximum absolute atomic E-state index is 6.29. The molecule has 1 atom stereocenters. The van der Waals surface area contributed by atoms with Crippen LogP contribution in [0.1, 0.15) is 29.9 Å². The van der Waals surface area contributed by atoms with E-state index in [4.69, 9.17) is 10.7 Å². The van der Waals surface area contributed by atoms with Gasteiger partial charge in [0.1, 0.15) is 0 Å². The summed E-state index contributed by atoms with van der Waals surface area (Å²) in [5.74, 6) is 1.21. The fourth-order valence-corrected chi connectivity index (χ4v) is 4.54. The molecule has 26 heavy (non-hydrogen) atoms. The largest absolute Gasteiger partial charge is 0.370 e. The highest BCUT2D eigenvalue weighted by Crippen LogP contribution is 2.31. The van der Waals surface area contributed by atoms with Gasteiger partial charge in [0.05, 0.1) is 0 Å². The fourth-order valence-electron chi connectivity index (χ4n) is 3.85. The number of thiazole rings is 1. The van der Waals surface area contributed by atoms with E-state index in [1.807, 2.05) is 11.6 Å². The average Bonchev–Trinajstić information content (AvgIpc) is 3.21. The first-order valence-corrected chi connectivity index (χ1v) is 9.96. The minimum Gasteiger partial charge on any atom is -0.370 e. The van der Waals surface area contributed by atoms with Crippen LogP contribution in [0.15, 0.2) is 40.8 Å². The maximum Gasteiger partial charge on any atom is 0.191 e. The number of aryl methyl sites for hydroxylation is 1. The molecule has 1 saturated heterocycles. The van der Waals surface area contributed by atoms with E-state index in [1.165, 1.54) is 30.4 Å². The van der Waals surface area contributed by atoms with Gasteiger partial charge in [-0.1, -0.05) is 24.3 Å². The van der Waals surface area contributed by atoms with Crippen LogP contribution in [-0.2, 0) is 6.42 Å². The number of nitrogens with zero attached hydrogens (tertiary/aromatic N) is 4. The van der Waals surface area contributed by atoms with Gasteiger partial charge in [-0.3, -0.25) is 4.99 Å². The van der Waals surface area contributed by atoms with Crippen LogP contribution in [0, 0.1) is 0 Å². The molecule has 0 bridgehead atoms. The molecule has 140 valence electrons. The lowest BCUT2D eigenvalue weighted by molar-refractivity contribution is 0.379.